The van der Waals surface area contributed by atoms with Crippen LogP contribution in [0.3, 0.4) is 0 Å². The van der Waals surface area contributed by atoms with E-state index in [0.29, 0.717) is 16.0 Å². The lowest BCUT2D eigenvalue weighted by atomic mass is 10.2. The molecule has 0 aliphatic rings. The number of nitrogens with zero attached hydrogens (tertiary/aromatic N) is 5. The molecule has 3 aromatic rings. The minimum Gasteiger partial charge on any atom is -0.321 e. The highest BCUT2D eigenvalue weighted by Crippen LogP contribution is 2.13. The Bertz CT molecular complexity index is 757. The lowest BCUT2D eigenvalue weighted by Gasteiger charge is -2.06. The van der Waals surface area contributed by atoms with Gasteiger partial charge in [0.05, 0.1) is 5.69 Å². The summed E-state index contributed by atoms with van der Waals surface area (Å²) in [6.07, 6.45) is 1.50. The van der Waals surface area contributed by atoms with Crippen molar-refractivity contribution in [3.05, 3.63) is 59.1 Å². The maximum absolute atomic E-state index is 12.0. The van der Waals surface area contributed by atoms with Crippen LogP contribution in [0.4, 0.5) is 5.69 Å². The van der Waals surface area contributed by atoms with E-state index in [1.165, 1.54) is 11.0 Å². The molecular weight excluding hydrogens is 336 g/mol. The van der Waals surface area contributed by atoms with Gasteiger partial charge in [-0.15, -0.1) is 5.10 Å². The number of amides is 1. The third-order valence-corrected chi connectivity index (χ3v) is 3.13. The smallest absolute Gasteiger partial charge is 0.274 e. The molecule has 8 heteroatoms. The van der Waals surface area contributed by atoms with Crippen LogP contribution in [-0.4, -0.2) is 31.1 Å². The monoisotopic (exact) mass is 344 g/mol. The third kappa shape index (κ3) is 3.11. The van der Waals surface area contributed by atoms with Crippen LogP contribution in [0.5, 0.6) is 0 Å². The number of rotatable bonds is 3. The van der Waals surface area contributed by atoms with Gasteiger partial charge in [0.2, 0.25) is 0 Å². The van der Waals surface area contributed by atoms with Gasteiger partial charge in [-0.05, 0) is 62.8 Å². The van der Waals surface area contributed by atoms with Gasteiger partial charge in [-0.1, -0.05) is 6.07 Å². The van der Waals surface area contributed by atoms with Gasteiger partial charge in [0.25, 0.3) is 5.91 Å². The molecule has 21 heavy (non-hydrogen) atoms. The summed E-state index contributed by atoms with van der Waals surface area (Å²) >= 11 is 3.23. The molecule has 0 bridgehead atoms. The number of hydrogen-bond donors (Lipinski definition) is 1. The fourth-order valence-corrected chi connectivity index (χ4v) is 2.05. The Kier molecular flexibility index (Phi) is 3.69. The Morgan fingerprint density at radius 3 is 2.62 bits per heavy atom. The Labute approximate surface area is 128 Å². The first-order chi connectivity index (χ1) is 10.2. The van der Waals surface area contributed by atoms with Crippen LogP contribution in [0.2, 0.25) is 0 Å². The number of anilines is 1. The number of tetrazole rings is 1. The normalized spacial score (nSPS) is 10.3. The zero-order valence-electron chi connectivity index (χ0n) is 10.6. The first-order valence-electron chi connectivity index (χ1n) is 6.00. The zero-order chi connectivity index (χ0) is 14.7. The molecule has 0 radical (unpaired) electrons. The van der Waals surface area contributed by atoms with Crippen molar-refractivity contribution in [3.8, 4) is 5.69 Å². The van der Waals surface area contributed by atoms with E-state index >= 15 is 0 Å². The van der Waals surface area contributed by atoms with Crippen LogP contribution >= 0.6 is 15.9 Å². The molecule has 0 aliphatic heterocycles. The van der Waals surface area contributed by atoms with Crippen molar-refractivity contribution in [2.24, 2.45) is 0 Å². The predicted molar refractivity (Wildman–Crippen MR) is 79.0 cm³/mol. The summed E-state index contributed by atoms with van der Waals surface area (Å²) in [5.41, 5.74) is 1.81. The molecule has 2 aromatic heterocycles. The topological polar surface area (TPSA) is 85.6 Å². The van der Waals surface area contributed by atoms with Gasteiger partial charge in [0.15, 0.2) is 0 Å². The number of carbonyl (C=O) groups is 1. The van der Waals surface area contributed by atoms with Crippen LogP contribution in [0.15, 0.2) is 53.4 Å². The van der Waals surface area contributed by atoms with E-state index in [-0.39, 0.29) is 5.91 Å². The molecule has 0 saturated carbocycles. The van der Waals surface area contributed by atoms with Gasteiger partial charge in [-0.2, -0.15) is 0 Å². The Morgan fingerprint density at radius 1 is 1.14 bits per heavy atom. The number of carbonyl (C=O) groups excluding carboxylic acids is 1. The third-order valence-electron chi connectivity index (χ3n) is 2.69. The predicted octanol–water partition coefficient (Wildman–Crippen LogP) is 2.07. The molecule has 0 saturated heterocycles. The summed E-state index contributed by atoms with van der Waals surface area (Å²) in [4.78, 5) is 16.1. The number of pyridine rings is 1. The van der Waals surface area contributed by atoms with Gasteiger partial charge in [-0.3, -0.25) is 4.79 Å². The van der Waals surface area contributed by atoms with E-state index < -0.39 is 0 Å². The number of halogens is 1. The fraction of sp³-hybridized carbons (Fsp3) is 0. The van der Waals surface area contributed by atoms with E-state index in [9.17, 15) is 4.79 Å². The maximum atomic E-state index is 12.0. The lowest BCUT2D eigenvalue weighted by molar-refractivity contribution is 0.102. The van der Waals surface area contributed by atoms with Gasteiger partial charge in [0, 0.05) is 5.69 Å². The summed E-state index contributed by atoms with van der Waals surface area (Å²) in [7, 11) is 0. The minimum atomic E-state index is -0.272. The van der Waals surface area contributed by atoms with E-state index in [1.807, 2.05) is 0 Å². The zero-order valence-corrected chi connectivity index (χ0v) is 12.2. The maximum Gasteiger partial charge on any atom is 0.274 e. The van der Waals surface area contributed by atoms with Crippen LogP contribution < -0.4 is 5.32 Å². The molecule has 2 heterocycles. The average molecular weight is 345 g/mol. The van der Waals surface area contributed by atoms with Crippen LogP contribution in [0, 0.1) is 0 Å². The first kappa shape index (κ1) is 13.4. The molecular formula is C13H9BrN6O. The molecule has 104 valence electrons. The van der Waals surface area contributed by atoms with Crippen molar-refractivity contribution in [1.29, 1.82) is 0 Å². The number of nitrogens with one attached hydrogen (secondary N) is 1. The van der Waals surface area contributed by atoms with E-state index in [0.717, 1.165) is 5.69 Å². The second-order valence-corrected chi connectivity index (χ2v) is 4.91. The van der Waals surface area contributed by atoms with Gasteiger partial charge in [0.1, 0.15) is 16.6 Å². The Balaban J connectivity index is 1.75. The number of hydrogen-bond acceptors (Lipinski definition) is 5. The summed E-state index contributed by atoms with van der Waals surface area (Å²) < 4.78 is 2.14. The van der Waals surface area contributed by atoms with Gasteiger partial charge < -0.3 is 5.32 Å². The minimum absolute atomic E-state index is 0.272. The largest absolute Gasteiger partial charge is 0.321 e. The number of aromatic nitrogens is 5. The fourth-order valence-electron chi connectivity index (χ4n) is 1.71. The average Bonchev–Trinajstić information content (AvgIpc) is 3.02. The standard InChI is InChI=1S/C13H9BrN6O/c14-12-3-1-2-11(17-12)13(21)16-9-4-6-10(7-5-9)20-8-15-18-19-20/h1-8H,(H,16,21). The summed E-state index contributed by atoms with van der Waals surface area (Å²) in [5.74, 6) is -0.272. The molecule has 1 amide bonds. The molecule has 3 rings (SSSR count). The summed E-state index contributed by atoms with van der Waals surface area (Å²) in [6, 6.07) is 12.3. The molecule has 0 spiro atoms. The summed E-state index contributed by atoms with van der Waals surface area (Å²) in [6.45, 7) is 0. The van der Waals surface area contributed by atoms with Crippen molar-refractivity contribution in [1.82, 2.24) is 25.2 Å². The van der Waals surface area contributed by atoms with E-state index in [4.69, 9.17) is 0 Å². The summed E-state index contributed by atoms with van der Waals surface area (Å²) in [5, 5.41) is 13.7. The van der Waals surface area contributed by atoms with Crippen LogP contribution in [0.25, 0.3) is 5.69 Å². The molecule has 0 aliphatic carbocycles. The van der Waals surface area contributed by atoms with Crippen molar-refractivity contribution in [3.63, 3.8) is 0 Å². The molecule has 1 aromatic carbocycles. The molecule has 7 nitrogen and oxygen atoms in total. The van der Waals surface area contributed by atoms with Crippen molar-refractivity contribution in [2.75, 3.05) is 5.32 Å². The Morgan fingerprint density at radius 2 is 1.95 bits per heavy atom. The first-order valence-corrected chi connectivity index (χ1v) is 6.79. The second kappa shape index (κ2) is 5.80. The highest BCUT2D eigenvalue weighted by molar-refractivity contribution is 9.10. The van der Waals surface area contributed by atoms with Gasteiger partial charge >= 0.3 is 0 Å². The quantitative estimate of drug-likeness (QED) is 0.735. The molecule has 0 unspecified atom stereocenters. The molecule has 0 fully saturated rings. The van der Waals surface area contributed by atoms with E-state index in [2.05, 4.69) is 41.8 Å². The van der Waals surface area contributed by atoms with Crippen molar-refractivity contribution in [2.45, 2.75) is 0 Å². The molecule has 1 N–H and O–H groups in total. The van der Waals surface area contributed by atoms with Gasteiger partial charge in [-0.25, -0.2) is 9.67 Å². The lowest BCUT2D eigenvalue weighted by Crippen LogP contribution is -2.13. The van der Waals surface area contributed by atoms with Crippen LogP contribution in [0.1, 0.15) is 10.5 Å². The van der Waals surface area contributed by atoms with Crippen molar-refractivity contribution < 1.29 is 4.79 Å². The highest BCUT2D eigenvalue weighted by atomic mass is 79.9. The second-order valence-electron chi connectivity index (χ2n) is 4.10. The molecule has 0 atom stereocenters. The highest BCUT2D eigenvalue weighted by Gasteiger charge is 2.08. The van der Waals surface area contributed by atoms with Crippen molar-refractivity contribution >= 4 is 27.5 Å². The Hall–Kier alpha value is -2.61. The van der Waals surface area contributed by atoms with Crippen LogP contribution in [-0.2, 0) is 0 Å². The number of benzene rings is 1. The SMILES string of the molecule is O=C(Nc1ccc(-n2cnnn2)cc1)c1cccc(Br)n1. The van der Waals surface area contributed by atoms with E-state index in [1.54, 1.807) is 42.5 Å².